The Kier molecular flexibility index (Phi) is 58.2. The number of amides is 12. The third-order valence-electron chi connectivity index (χ3n) is 19.0. The van der Waals surface area contributed by atoms with Gasteiger partial charge >= 0.3 is 0 Å². The lowest BCUT2D eigenvalue weighted by molar-refractivity contribution is -0.136. The van der Waals surface area contributed by atoms with E-state index in [-0.39, 0.29) is 119 Å². The third kappa shape index (κ3) is 48.7. The van der Waals surface area contributed by atoms with Gasteiger partial charge in [0.2, 0.25) is 70.9 Å². The summed E-state index contributed by atoms with van der Waals surface area (Å²) in [6.07, 6.45) is 18.5. The molecule has 0 saturated heterocycles. The summed E-state index contributed by atoms with van der Waals surface area (Å²) < 4.78 is 0. The summed E-state index contributed by atoms with van der Waals surface area (Å²) in [5.41, 5.74) is 40.9. The molecule has 0 aromatic rings. The smallest absolute Gasteiger partial charge is 0.243 e. The van der Waals surface area contributed by atoms with E-state index in [2.05, 4.69) is 65.4 Å². The molecular formula is C79H154N18O12. The van der Waals surface area contributed by atoms with Crippen LogP contribution in [0.3, 0.4) is 0 Å². The number of carbonyl (C=O) groups excluding carboxylic acids is 12. The largest absolute Gasteiger partial charge is 0.368 e. The molecule has 11 atom stereocenters. The fourth-order valence-electron chi connectivity index (χ4n) is 12.9. The highest BCUT2D eigenvalue weighted by Gasteiger charge is 2.37. The number of carbonyl (C=O) groups is 12. The van der Waals surface area contributed by atoms with E-state index < -0.39 is 131 Å². The summed E-state index contributed by atoms with van der Waals surface area (Å²) in [5, 5.41) is 31.2. The summed E-state index contributed by atoms with van der Waals surface area (Å²) in [7, 11) is 0. The Labute approximate surface area is 654 Å². The molecule has 25 N–H and O–H groups in total. The van der Waals surface area contributed by atoms with Gasteiger partial charge in [0.05, 0.1) is 0 Å². The standard InChI is InChI=1S/C79H154N18O12/c1-12-13-14-15-16-17-18-19-20-21-40-68(98)87-64(48-53(4)5)76(106)91-57(34-22-28-41-80)70(100)89-62(39-27-33-46-85)75(105)96-67(51-56(10)11)79(109)97-66(50-55(8)9)78(108)93-59(36-24-30-43-82)72(102)90-61(38-26-32-45-84)74(104)95-65(49-54(6)7)77(107)92-58(35-23-29-42-81)71(101)88-60(37-25-31-44-83)73(103)94-63(69(86)99)47-52(2)3/h52-67H,12-51,80-85H2,1-11H3,(H2,86,99)(H,87,98)(H,88,101)(H,89,100)(H,90,102)(H,91,106)(H,92,107)(H,93,108)(H,94,103)(H,95,104)(H,96,105)(H,97,109)/t57-,58-,59-,60-,61-,62-,63-,64-,65-,66-,67-/m0/s1. The predicted octanol–water partition coefficient (Wildman–Crippen LogP) is 4.12. The maximum absolute atomic E-state index is 14.8. The second-order valence-corrected chi connectivity index (χ2v) is 31.9. The van der Waals surface area contributed by atoms with Gasteiger partial charge in [0.1, 0.15) is 66.5 Å². The average Bonchev–Trinajstić information content (AvgIpc) is 0.857. The molecule has 0 rings (SSSR count). The van der Waals surface area contributed by atoms with Gasteiger partial charge in [0.15, 0.2) is 0 Å². The molecule has 0 radical (unpaired) electrons. The van der Waals surface area contributed by atoms with E-state index in [4.69, 9.17) is 40.1 Å². The van der Waals surface area contributed by atoms with Gasteiger partial charge in [-0.3, -0.25) is 57.5 Å². The minimum atomic E-state index is -1.27. The summed E-state index contributed by atoms with van der Waals surface area (Å²) in [4.78, 5) is 171. The molecule has 0 heterocycles. The first-order chi connectivity index (χ1) is 51.8. The van der Waals surface area contributed by atoms with E-state index in [1.165, 1.54) is 38.5 Å². The van der Waals surface area contributed by atoms with E-state index in [0.29, 0.717) is 116 Å². The molecular weight excluding hydrogens is 1390 g/mol. The Morgan fingerprint density at radius 2 is 0.394 bits per heavy atom. The Hall–Kier alpha value is -6.60. The van der Waals surface area contributed by atoms with Crippen molar-refractivity contribution in [1.29, 1.82) is 0 Å². The van der Waals surface area contributed by atoms with Crippen LogP contribution in [0.1, 0.15) is 294 Å². The number of nitrogens with two attached hydrogens (primary N) is 7. The Morgan fingerprint density at radius 3 is 0.596 bits per heavy atom. The second kappa shape index (κ2) is 62.0. The second-order valence-electron chi connectivity index (χ2n) is 31.9. The maximum Gasteiger partial charge on any atom is 0.243 e. The van der Waals surface area contributed by atoms with Crippen molar-refractivity contribution in [3.8, 4) is 0 Å². The Balaban J connectivity index is 7.10. The minimum absolute atomic E-state index is 0.00376. The summed E-state index contributed by atoms with van der Waals surface area (Å²) in [5.74, 6) is -8.32. The number of primary amides is 1. The van der Waals surface area contributed by atoms with Crippen molar-refractivity contribution in [3.05, 3.63) is 0 Å². The normalized spacial score (nSPS) is 14.6. The van der Waals surface area contributed by atoms with Gasteiger partial charge in [-0.1, -0.05) is 134 Å². The van der Waals surface area contributed by atoms with Crippen molar-refractivity contribution in [1.82, 2.24) is 58.5 Å². The zero-order chi connectivity index (χ0) is 82.2. The molecule has 0 spiro atoms. The van der Waals surface area contributed by atoms with Gasteiger partial charge in [0.25, 0.3) is 0 Å². The van der Waals surface area contributed by atoms with Crippen LogP contribution < -0.4 is 98.6 Å². The molecule has 0 aliphatic heterocycles. The molecule has 0 aliphatic carbocycles. The summed E-state index contributed by atoms with van der Waals surface area (Å²) in [6.45, 7) is 22.7. The predicted molar refractivity (Wildman–Crippen MR) is 432 cm³/mol. The lowest BCUT2D eigenvalue weighted by Crippen LogP contribution is -2.61. The molecule has 0 unspecified atom stereocenters. The van der Waals surface area contributed by atoms with Crippen LogP contribution in [0.15, 0.2) is 0 Å². The van der Waals surface area contributed by atoms with Crippen LogP contribution in [0.4, 0.5) is 0 Å². The van der Waals surface area contributed by atoms with Crippen LogP contribution in [0.25, 0.3) is 0 Å². The SMILES string of the molecule is CCCCCCCCCCCCC(=O)N[C@@H](CC(C)C)C(=O)N[C@@H](CCCCN)C(=O)N[C@@H](CCCCN)C(=O)N[C@@H](CC(C)C)C(=O)N[C@@H](CC(C)C)C(=O)N[C@@H](CCCCN)C(=O)N[C@@H](CCCCN)C(=O)N[C@@H](CC(C)C)C(=O)N[C@@H](CCCCN)C(=O)N[C@@H](CCCCN)C(=O)N[C@@H](CC(C)C)C(N)=O. The van der Waals surface area contributed by atoms with Crippen molar-refractivity contribution in [2.45, 2.75) is 361 Å². The molecule has 12 amide bonds. The zero-order valence-corrected chi connectivity index (χ0v) is 69.0. The average molecular weight is 1550 g/mol. The van der Waals surface area contributed by atoms with Crippen molar-refractivity contribution in [2.24, 2.45) is 69.7 Å². The van der Waals surface area contributed by atoms with Crippen LogP contribution >= 0.6 is 0 Å². The monoisotopic (exact) mass is 1550 g/mol. The zero-order valence-electron chi connectivity index (χ0n) is 69.0. The fourth-order valence-corrected chi connectivity index (χ4v) is 12.9. The first-order valence-electron chi connectivity index (χ1n) is 41.7. The van der Waals surface area contributed by atoms with Gasteiger partial charge in [-0.15, -0.1) is 0 Å². The van der Waals surface area contributed by atoms with E-state index in [9.17, 15) is 57.5 Å². The van der Waals surface area contributed by atoms with Gasteiger partial charge in [-0.25, -0.2) is 0 Å². The summed E-state index contributed by atoms with van der Waals surface area (Å²) in [6, 6.07) is -12.9. The van der Waals surface area contributed by atoms with Gasteiger partial charge < -0.3 is 98.6 Å². The molecule has 0 aliphatic rings. The minimum Gasteiger partial charge on any atom is -0.368 e. The quantitative estimate of drug-likeness (QED) is 0.0381. The maximum atomic E-state index is 14.8. The van der Waals surface area contributed by atoms with E-state index in [1.54, 1.807) is 0 Å². The lowest BCUT2D eigenvalue weighted by Gasteiger charge is -2.29. The van der Waals surface area contributed by atoms with Crippen LogP contribution in [0, 0.1) is 29.6 Å². The van der Waals surface area contributed by atoms with Gasteiger partial charge in [-0.2, -0.15) is 0 Å². The van der Waals surface area contributed by atoms with Crippen molar-refractivity contribution >= 4 is 70.9 Å². The number of hydrogen-bond acceptors (Lipinski definition) is 18. The topological polar surface area (TPSA) is 519 Å². The first kappa shape index (κ1) is 102. The molecule has 0 bridgehead atoms. The number of rotatable bonds is 67. The lowest BCUT2D eigenvalue weighted by atomic mass is 9.98. The highest BCUT2D eigenvalue weighted by atomic mass is 16.2. The Morgan fingerprint density at radius 1 is 0.220 bits per heavy atom. The van der Waals surface area contributed by atoms with Crippen molar-refractivity contribution in [3.63, 3.8) is 0 Å². The van der Waals surface area contributed by atoms with Gasteiger partial charge in [0, 0.05) is 6.42 Å². The van der Waals surface area contributed by atoms with Crippen LogP contribution in [0.2, 0.25) is 0 Å². The molecule has 0 aromatic carbocycles. The van der Waals surface area contributed by atoms with Gasteiger partial charge in [-0.05, 0) is 223 Å². The fraction of sp³-hybridized carbons (Fsp3) is 0.848. The number of unbranched alkanes of at least 4 members (excludes halogenated alkanes) is 15. The van der Waals surface area contributed by atoms with Crippen molar-refractivity contribution < 1.29 is 57.5 Å². The van der Waals surface area contributed by atoms with Crippen LogP contribution in [-0.4, -0.2) is 177 Å². The molecule has 30 heteroatoms. The van der Waals surface area contributed by atoms with E-state index in [0.717, 1.165) is 19.3 Å². The summed E-state index contributed by atoms with van der Waals surface area (Å²) >= 11 is 0. The first-order valence-corrected chi connectivity index (χ1v) is 41.7. The molecule has 0 aromatic heterocycles. The number of hydrogen-bond donors (Lipinski definition) is 18. The van der Waals surface area contributed by atoms with E-state index >= 15 is 0 Å². The molecule has 0 saturated carbocycles. The molecule has 632 valence electrons. The van der Waals surface area contributed by atoms with Crippen LogP contribution in [-0.2, 0) is 57.5 Å². The highest BCUT2D eigenvalue weighted by molar-refractivity contribution is 5.99. The molecule has 0 fully saturated rings. The highest BCUT2D eigenvalue weighted by Crippen LogP contribution is 2.18. The number of nitrogens with one attached hydrogen (secondary N) is 11. The van der Waals surface area contributed by atoms with Crippen molar-refractivity contribution in [2.75, 3.05) is 39.3 Å². The Bertz CT molecular complexity index is 2600. The molecule has 30 nitrogen and oxygen atoms in total. The molecule has 109 heavy (non-hydrogen) atoms. The van der Waals surface area contributed by atoms with E-state index in [1.807, 2.05) is 69.2 Å². The van der Waals surface area contributed by atoms with Crippen LogP contribution in [0.5, 0.6) is 0 Å². The third-order valence-corrected chi connectivity index (χ3v) is 19.0.